The lowest BCUT2D eigenvalue weighted by Gasteiger charge is -2.22. The average molecular weight is 448 g/mol. The zero-order valence-corrected chi connectivity index (χ0v) is 17.5. The number of rotatable bonds is 7. The van der Waals surface area contributed by atoms with Gasteiger partial charge in [-0.15, -0.1) is 0 Å². The fourth-order valence-corrected chi connectivity index (χ4v) is 3.84. The predicted molar refractivity (Wildman–Crippen MR) is 109 cm³/mol. The van der Waals surface area contributed by atoms with Crippen LogP contribution >= 0.6 is 0 Å². The number of alkyl halides is 2. The van der Waals surface area contributed by atoms with Gasteiger partial charge in [0, 0.05) is 38.3 Å². The van der Waals surface area contributed by atoms with Gasteiger partial charge in [-0.05, 0) is 29.8 Å². The first kappa shape index (κ1) is 21.7. The predicted octanol–water partition coefficient (Wildman–Crippen LogP) is 3.04. The van der Waals surface area contributed by atoms with Crippen LogP contribution in [0.4, 0.5) is 14.5 Å². The Kier molecular flexibility index (Phi) is 6.02. The second kappa shape index (κ2) is 8.89. The van der Waals surface area contributed by atoms with E-state index in [1.54, 1.807) is 42.3 Å². The van der Waals surface area contributed by atoms with E-state index in [1.807, 2.05) is 0 Å². The van der Waals surface area contributed by atoms with Crippen LogP contribution in [0.25, 0.3) is 0 Å². The third-order valence-corrected chi connectivity index (χ3v) is 5.38. The van der Waals surface area contributed by atoms with E-state index in [9.17, 15) is 18.4 Å². The van der Waals surface area contributed by atoms with Crippen molar-refractivity contribution < 1.29 is 37.3 Å². The molecule has 8 nitrogen and oxygen atoms in total. The number of hydrogen-bond donors (Lipinski definition) is 0. The van der Waals surface area contributed by atoms with Gasteiger partial charge in [-0.2, -0.15) is 8.78 Å². The molecule has 32 heavy (non-hydrogen) atoms. The van der Waals surface area contributed by atoms with Gasteiger partial charge in [-0.1, -0.05) is 6.07 Å². The molecule has 0 bridgehead atoms. The van der Waals surface area contributed by atoms with Crippen LogP contribution in [-0.4, -0.2) is 50.8 Å². The van der Waals surface area contributed by atoms with Crippen LogP contribution in [0, 0.1) is 5.92 Å². The molecule has 0 spiro atoms. The number of anilines is 1. The van der Waals surface area contributed by atoms with E-state index in [0.717, 1.165) is 0 Å². The Balaban J connectivity index is 1.41. The van der Waals surface area contributed by atoms with E-state index >= 15 is 0 Å². The van der Waals surface area contributed by atoms with Crippen molar-refractivity contribution in [2.75, 3.05) is 32.4 Å². The summed E-state index contributed by atoms with van der Waals surface area (Å²) < 4.78 is 45.2. The smallest absolute Gasteiger partial charge is 0.387 e. The molecule has 2 aliphatic heterocycles. The number of ether oxygens (including phenoxy) is 4. The average Bonchev–Trinajstić information content (AvgIpc) is 3.39. The van der Waals surface area contributed by atoms with Crippen LogP contribution in [0.3, 0.4) is 0 Å². The summed E-state index contributed by atoms with van der Waals surface area (Å²) in [6, 6.07) is 9.73. The molecule has 1 unspecified atom stereocenters. The maximum atomic E-state index is 13.0. The maximum Gasteiger partial charge on any atom is 0.387 e. The number of halogens is 2. The highest BCUT2D eigenvalue weighted by atomic mass is 19.3. The highest BCUT2D eigenvalue weighted by molar-refractivity contribution is 6.00. The van der Waals surface area contributed by atoms with Gasteiger partial charge in [0.2, 0.25) is 18.6 Å². The van der Waals surface area contributed by atoms with Crippen LogP contribution in [0.2, 0.25) is 0 Å². The summed E-state index contributed by atoms with van der Waals surface area (Å²) in [5.74, 6) is 0.415. The summed E-state index contributed by atoms with van der Waals surface area (Å²) >= 11 is 0. The quantitative estimate of drug-likeness (QED) is 0.648. The van der Waals surface area contributed by atoms with Crippen molar-refractivity contribution >= 4 is 17.5 Å². The second-order valence-electron chi connectivity index (χ2n) is 7.50. The molecule has 4 rings (SSSR count). The molecular formula is C22H22F2N2O6. The van der Waals surface area contributed by atoms with Crippen LogP contribution < -0.4 is 23.8 Å². The van der Waals surface area contributed by atoms with Gasteiger partial charge < -0.3 is 28.7 Å². The van der Waals surface area contributed by atoms with Crippen LogP contribution in [0.15, 0.2) is 36.4 Å². The lowest BCUT2D eigenvalue weighted by atomic mass is 10.1. The fraction of sp³-hybridized carbons (Fsp3) is 0.364. The van der Waals surface area contributed by atoms with Crippen molar-refractivity contribution in [1.82, 2.24) is 4.90 Å². The van der Waals surface area contributed by atoms with Gasteiger partial charge in [0.25, 0.3) is 0 Å². The Hall–Kier alpha value is -3.56. The van der Waals surface area contributed by atoms with Gasteiger partial charge in [-0.25, -0.2) is 0 Å². The molecule has 2 aromatic rings. The highest BCUT2D eigenvalue weighted by Crippen LogP contribution is 2.37. The zero-order chi connectivity index (χ0) is 22.8. The van der Waals surface area contributed by atoms with Crippen molar-refractivity contribution in [3.8, 4) is 23.0 Å². The molecule has 10 heteroatoms. The largest absolute Gasteiger partial charge is 0.493 e. The lowest BCUT2D eigenvalue weighted by Crippen LogP contribution is -2.34. The van der Waals surface area contributed by atoms with Gasteiger partial charge in [0.05, 0.1) is 13.0 Å². The van der Waals surface area contributed by atoms with Crippen molar-refractivity contribution in [2.24, 2.45) is 5.92 Å². The monoisotopic (exact) mass is 448 g/mol. The van der Waals surface area contributed by atoms with Gasteiger partial charge >= 0.3 is 6.61 Å². The molecule has 0 radical (unpaired) electrons. The Morgan fingerprint density at radius 2 is 1.97 bits per heavy atom. The number of carbonyl (C=O) groups is 2. The van der Waals surface area contributed by atoms with E-state index in [2.05, 4.69) is 4.74 Å². The number of methoxy groups -OCH3 is 1. The molecule has 2 heterocycles. The van der Waals surface area contributed by atoms with E-state index in [-0.39, 0.29) is 49.6 Å². The molecule has 2 aliphatic rings. The molecular weight excluding hydrogens is 426 g/mol. The van der Waals surface area contributed by atoms with Gasteiger partial charge in [-0.3, -0.25) is 9.59 Å². The van der Waals surface area contributed by atoms with E-state index in [1.165, 1.54) is 18.1 Å². The summed E-state index contributed by atoms with van der Waals surface area (Å²) in [4.78, 5) is 28.6. The van der Waals surface area contributed by atoms with Gasteiger partial charge in [0.1, 0.15) is 0 Å². The molecule has 2 aromatic carbocycles. The van der Waals surface area contributed by atoms with Crippen LogP contribution in [0.5, 0.6) is 23.0 Å². The number of hydrogen-bond acceptors (Lipinski definition) is 6. The summed E-state index contributed by atoms with van der Waals surface area (Å²) in [6.45, 7) is -2.35. The first-order chi connectivity index (χ1) is 15.4. The third kappa shape index (κ3) is 4.39. The highest BCUT2D eigenvalue weighted by Gasteiger charge is 2.37. The standard InChI is InChI=1S/C22H22F2N2O6/c1-25(10-13-3-5-17(32-22(23)24)18(7-13)29-2)21(28)14-8-20(27)26(11-14)15-4-6-16-19(9-15)31-12-30-16/h3-7,9,14,22H,8,10-12H2,1-2H3. The number of nitrogens with zero attached hydrogens (tertiary/aromatic N) is 2. The molecule has 0 N–H and O–H groups in total. The molecule has 1 saturated heterocycles. The van der Waals surface area contributed by atoms with E-state index in [4.69, 9.17) is 14.2 Å². The first-order valence-corrected chi connectivity index (χ1v) is 9.92. The summed E-state index contributed by atoms with van der Waals surface area (Å²) in [6.07, 6.45) is 0.0993. The van der Waals surface area contributed by atoms with Crippen LogP contribution in [-0.2, 0) is 16.1 Å². The Labute approximate surface area is 183 Å². The van der Waals surface area contributed by atoms with E-state index in [0.29, 0.717) is 22.7 Å². The lowest BCUT2D eigenvalue weighted by molar-refractivity contribution is -0.135. The van der Waals surface area contributed by atoms with Gasteiger partial charge in [0.15, 0.2) is 23.0 Å². The molecule has 2 amide bonds. The summed E-state index contributed by atoms with van der Waals surface area (Å²) in [5.41, 5.74) is 1.33. The molecule has 1 fully saturated rings. The molecule has 1 atom stereocenters. The zero-order valence-electron chi connectivity index (χ0n) is 17.5. The first-order valence-electron chi connectivity index (χ1n) is 9.92. The molecule has 170 valence electrons. The summed E-state index contributed by atoms with van der Waals surface area (Å²) in [5, 5.41) is 0. The minimum atomic E-state index is -2.97. The maximum absolute atomic E-state index is 13.0. The number of amides is 2. The number of benzene rings is 2. The molecule has 0 aromatic heterocycles. The second-order valence-corrected chi connectivity index (χ2v) is 7.50. The Bertz CT molecular complexity index is 1030. The van der Waals surface area contributed by atoms with Crippen molar-refractivity contribution in [2.45, 2.75) is 19.6 Å². The van der Waals surface area contributed by atoms with Crippen LogP contribution in [0.1, 0.15) is 12.0 Å². The Morgan fingerprint density at radius 3 is 2.72 bits per heavy atom. The summed E-state index contributed by atoms with van der Waals surface area (Å²) in [7, 11) is 2.98. The SMILES string of the molecule is COc1cc(CN(C)C(=O)C2CC(=O)N(c3ccc4c(c3)OCO4)C2)ccc1OC(F)F. The van der Waals surface area contributed by atoms with Crippen molar-refractivity contribution in [3.05, 3.63) is 42.0 Å². The van der Waals surface area contributed by atoms with Crippen molar-refractivity contribution in [3.63, 3.8) is 0 Å². The minimum absolute atomic E-state index is 0.0824. The minimum Gasteiger partial charge on any atom is -0.493 e. The normalized spacial score (nSPS) is 17.1. The van der Waals surface area contributed by atoms with E-state index < -0.39 is 12.5 Å². The number of carbonyl (C=O) groups excluding carboxylic acids is 2. The number of fused-ring (bicyclic) bond motifs is 1. The molecule has 0 aliphatic carbocycles. The van der Waals surface area contributed by atoms with Crippen molar-refractivity contribution in [1.29, 1.82) is 0 Å². The Morgan fingerprint density at radius 1 is 1.19 bits per heavy atom. The topological polar surface area (TPSA) is 77.5 Å². The fourth-order valence-electron chi connectivity index (χ4n) is 3.84. The molecule has 0 saturated carbocycles. The third-order valence-electron chi connectivity index (χ3n) is 5.38.